The van der Waals surface area contributed by atoms with E-state index in [-0.39, 0.29) is 11.8 Å². The average molecular weight is 348 g/mol. The summed E-state index contributed by atoms with van der Waals surface area (Å²) >= 11 is 0. The Labute approximate surface area is 149 Å². The molecule has 138 valence electrons. The molecule has 0 heterocycles. The SMILES string of the molecule is CCCCN(C)C(=O)C1(C(=O)NCc2ccc(OC)c(OC)c2)CC1. The van der Waals surface area contributed by atoms with Crippen LogP contribution >= 0.6 is 0 Å². The largest absolute Gasteiger partial charge is 0.493 e. The van der Waals surface area contributed by atoms with Crippen LogP contribution in [0.3, 0.4) is 0 Å². The van der Waals surface area contributed by atoms with E-state index in [9.17, 15) is 9.59 Å². The van der Waals surface area contributed by atoms with Crippen molar-refractivity contribution >= 4 is 11.8 Å². The Bertz CT molecular complexity index is 626. The normalized spacial score (nSPS) is 14.6. The molecule has 2 rings (SSSR count). The van der Waals surface area contributed by atoms with Gasteiger partial charge in [0, 0.05) is 20.1 Å². The molecule has 1 fully saturated rings. The third-order valence-corrected chi connectivity index (χ3v) is 4.69. The van der Waals surface area contributed by atoms with Crippen LogP contribution in [-0.4, -0.2) is 44.5 Å². The summed E-state index contributed by atoms with van der Waals surface area (Å²) in [5, 5.41) is 2.90. The number of nitrogens with one attached hydrogen (secondary N) is 1. The van der Waals surface area contributed by atoms with Crippen LogP contribution in [0.1, 0.15) is 38.2 Å². The van der Waals surface area contributed by atoms with Crippen LogP contribution in [0.2, 0.25) is 0 Å². The number of benzene rings is 1. The first-order chi connectivity index (χ1) is 12.0. The number of nitrogens with zero attached hydrogens (tertiary/aromatic N) is 1. The molecular weight excluding hydrogens is 320 g/mol. The summed E-state index contributed by atoms with van der Waals surface area (Å²) in [6, 6.07) is 5.50. The van der Waals surface area contributed by atoms with Gasteiger partial charge in [-0.1, -0.05) is 19.4 Å². The van der Waals surface area contributed by atoms with Crippen LogP contribution in [-0.2, 0) is 16.1 Å². The first-order valence-corrected chi connectivity index (χ1v) is 8.73. The molecule has 1 aromatic carbocycles. The maximum Gasteiger partial charge on any atom is 0.238 e. The Morgan fingerprint density at radius 1 is 1.20 bits per heavy atom. The minimum absolute atomic E-state index is 0.0641. The molecule has 0 unspecified atom stereocenters. The Kier molecular flexibility index (Phi) is 6.28. The minimum atomic E-state index is -0.862. The summed E-state index contributed by atoms with van der Waals surface area (Å²) in [5.74, 6) is 1.01. The summed E-state index contributed by atoms with van der Waals surface area (Å²) in [7, 11) is 4.93. The molecule has 0 atom stereocenters. The highest BCUT2D eigenvalue weighted by Gasteiger charge is 2.57. The number of methoxy groups -OCH3 is 2. The van der Waals surface area contributed by atoms with Gasteiger partial charge in [-0.15, -0.1) is 0 Å². The Morgan fingerprint density at radius 2 is 1.88 bits per heavy atom. The van der Waals surface area contributed by atoms with Crippen LogP contribution in [0.15, 0.2) is 18.2 Å². The van der Waals surface area contributed by atoms with E-state index in [2.05, 4.69) is 12.2 Å². The maximum absolute atomic E-state index is 12.6. The zero-order chi connectivity index (χ0) is 18.4. The molecule has 0 aromatic heterocycles. The lowest BCUT2D eigenvalue weighted by Crippen LogP contribution is -2.43. The molecule has 0 aliphatic heterocycles. The molecule has 2 amide bonds. The Hall–Kier alpha value is -2.24. The lowest BCUT2D eigenvalue weighted by Gasteiger charge is -2.23. The molecule has 6 heteroatoms. The zero-order valence-corrected chi connectivity index (χ0v) is 15.6. The van der Waals surface area contributed by atoms with Crippen LogP contribution in [0.5, 0.6) is 11.5 Å². The average Bonchev–Trinajstić information content (AvgIpc) is 3.45. The minimum Gasteiger partial charge on any atom is -0.493 e. The Balaban J connectivity index is 1.97. The van der Waals surface area contributed by atoms with E-state index in [0.717, 1.165) is 18.4 Å². The van der Waals surface area contributed by atoms with Crippen molar-refractivity contribution in [3.05, 3.63) is 23.8 Å². The van der Waals surface area contributed by atoms with Crippen LogP contribution in [0.4, 0.5) is 0 Å². The summed E-state index contributed by atoms with van der Waals surface area (Å²) in [5.41, 5.74) is 0.0348. The predicted octanol–water partition coefficient (Wildman–Crippen LogP) is 2.36. The topological polar surface area (TPSA) is 67.9 Å². The van der Waals surface area contributed by atoms with Gasteiger partial charge >= 0.3 is 0 Å². The van der Waals surface area contributed by atoms with Gasteiger partial charge in [0.05, 0.1) is 14.2 Å². The van der Waals surface area contributed by atoms with Gasteiger partial charge < -0.3 is 19.7 Å². The molecule has 6 nitrogen and oxygen atoms in total. The third kappa shape index (κ3) is 4.24. The van der Waals surface area contributed by atoms with Crippen LogP contribution in [0.25, 0.3) is 0 Å². The van der Waals surface area contributed by atoms with Gasteiger partial charge in [0.25, 0.3) is 0 Å². The molecule has 1 aromatic rings. The van der Waals surface area contributed by atoms with E-state index in [1.54, 1.807) is 32.2 Å². The number of hydrogen-bond acceptors (Lipinski definition) is 4. The Morgan fingerprint density at radius 3 is 2.44 bits per heavy atom. The molecule has 1 aliphatic rings. The molecule has 25 heavy (non-hydrogen) atoms. The quantitative estimate of drug-likeness (QED) is 0.696. The monoisotopic (exact) mass is 348 g/mol. The second kappa shape index (κ2) is 8.23. The predicted molar refractivity (Wildman–Crippen MR) is 95.6 cm³/mol. The van der Waals surface area contributed by atoms with Crippen molar-refractivity contribution in [2.45, 2.75) is 39.2 Å². The molecule has 0 radical (unpaired) electrons. The third-order valence-electron chi connectivity index (χ3n) is 4.69. The lowest BCUT2D eigenvalue weighted by molar-refractivity contribution is -0.143. The number of unbranched alkanes of at least 4 members (excludes halogenated alkanes) is 1. The number of carbonyl (C=O) groups excluding carboxylic acids is 2. The van der Waals surface area contributed by atoms with Crippen molar-refractivity contribution in [3.63, 3.8) is 0 Å². The fourth-order valence-corrected chi connectivity index (χ4v) is 2.87. The summed E-state index contributed by atoms with van der Waals surface area (Å²) in [4.78, 5) is 26.9. The molecule has 0 spiro atoms. The van der Waals surface area contributed by atoms with Crippen molar-refractivity contribution in [2.24, 2.45) is 5.41 Å². The molecule has 1 N–H and O–H groups in total. The van der Waals surface area contributed by atoms with Crippen molar-refractivity contribution in [1.82, 2.24) is 10.2 Å². The van der Waals surface area contributed by atoms with E-state index in [1.165, 1.54) is 0 Å². The fourth-order valence-electron chi connectivity index (χ4n) is 2.87. The van der Waals surface area contributed by atoms with Crippen molar-refractivity contribution in [3.8, 4) is 11.5 Å². The van der Waals surface area contributed by atoms with Gasteiger partial charge in [-0.2, -0.15) is 0 Å². The molecule has 0 saturated heterocycles. The number of ether oxygens (including phenoxy) is 2. The van der Waals surface area contributed by atoms with E-state index in [1.807, 2.05) is 12.1 Å². The summed E-state index contributed by atoms with van der Waals surface area (Å²) in [6.07, 6.45) is 3.22. The van der Waals surface area contributed by atoms with E-state index >= 15 is 0 Å². The number of rotatable bonds is 9. The highest BCUT2D eigenvalue weighted by Crippen LogP contribution is 2.47. The fraction of sp³-hybridized carbons (Fsp3) is 0.579. The number of amides is 2. The second-order valence-electron chi connectivity index (χ2n) is 6.53. The zero-order valence-electron chi connectivity index (χ0n) is 15.6. The van der Waals surface area contributed by atoms with Gasteiger partial charge in [0.1, 0.15) is 5.41 Å². The van der Waals surface area contributed by atoms with Gasteiger partial charge in [-0.25, -0.2) is 0 Å². The van der Waals surface area contributed by atoms with Crippen LogP contribution in [0, 0.1) is 5.41 Å². The van der Waals surface area contributed by atoms with E-state index < -0.39 is 5.41 Å². The first-order valence-electron chi connectivity index (χ1n) is 8.73. The van der Waals surface area contributed by atoms with Crippen molar-refractivity contribution < 1.29 is 19.1 Å². The number of hydrogen-bond donors (Lipinski definition) is 1. The van der Waals surface area contributed by atoms with Gasteiger partial charge in [0.2, 0.25) is 11.8 Å². The molecule has 0 bridgehead atoms. The van der Waals surface area contributed by atoms with Crippen molar-refractivity contribution in [1.29, 1.82) is 0 Å². The van der Waals surface area contributed by atoms with Gasteiger partial charge in [-0.05, 0) is 37.0 Å². The van der Waals surface area contributed by atoms with E-state index in [0.29, 0.717) is 37.4 Å². The van der Waals surface area contributed by atoms with Crippen molar-refractivity contribution in [2.75, 3.05) is 27.8 Å². The molecular formula is C19H28N2O4. The number of carbonyl (C=O) groups is 2. The highest BCUT2D eigenvalue weighted by atomic mass is 16.5. The van der Waals surface area contributed by atoms with Gasteiger partial charge in [0.15, 0.2) is 11.5 Å². The molecule has 1 saturated carbocycles. The second-order valence-corrected chi connectivity index (χ2v) is 6.53. The van der Waals surface area contributed by atoms with E-state index in [4.69, 9.17) is 9.47 Å². The smallest absolute Gasteiger partial charge is 0.238 e. The highest BCUT2D eigenvalue weighted by molar-refractivity contribution is 6.07. The van der Waals surface area contributed by atoms with Gasteiger partial charge in [-0.3, -0.25) is 9.59 Å². The first kappa shape index (κ1) is 19.1. The maximum atomic E-state index is 12.6. The summed E-state index contributed by atoms with van der Waals surface area (Å²) < 4.78 is 10.5. The van der Waals surface area contributed by atoms with Crippen LogP contribution < -0.4 is 14.8 Å². The molecule has 1 aliphatic carbocycles. The lowest BCUT2D eigenvalue weighted by atomic mass is 10.0. The standard InChI is InChI=1S/C19H28N2O4/c1-5-6-11-21(2)18(23)19(9-10-19)17(22)20-13-14-7-8-15(24-3)16(12-14)25-4/h7-8,12H,5-6,9-11,13H2,1-4H3,(H,20,22). The summed E-state index contributed by atoms with van der Waals surface area (Å²) in [6.45, 7) is 3.13.